The molecule has 1 aromatic heterocycles. The van der Waals surface area contributed by atoms with Crippen LogP contribution in [0.5, 0.6) is 0 Å². The maximum atomic E-state index is 4.67. The van der Waals surface area contributed by atoms with Crippen molar-refractivity contribution in [2.45, 2.75) is 0 Å². The van der Waals surface area contributed by atoms with E-state index < -0.39 is 0 Å². The Bertz CT molecular complexity index is 565. The van der Waals surface area contributed by atoms with Crippen molar-refractivity contribution >= 4 is 16.9 Å². The summed E-state index contributed by atoms with van der Waals surface area (Å²) in [5.74, 6) is 0.943. The zero-order chi connectivity index (χ0) is 13.8. The topological polar surface area (TPSA) is 44.3 Å². The van der Waals surface area contributed by atoms with Crippen LogP contribution in [-0.4, -0.2) is 61.2 Å². The number of benzene rings is 1. The first kappa shape index (κ1) is 13.3. The summed E-state index contributed by atoms with van der Waals surface area (Å²) in [5.41, 5.74) is 1.91. The SMILES string of the molecule is CN(CCN1CCNCC1)c1cnc2ccccc2n1. The van der Waals surface area contributed by atoms with Crippen LogP contribution in [0.1, 0.15) is 0 Å². The van der Waals surface area contributed by atoms with Crippen molar-refractivity contribution in [2.75, 3.05) is 51.2 Å². The van der Waals surface area contributed by atoms with Crippen molar-refractivity contribution in [1.29, 1.82) is 0 Å². The molecule has 0 bridgehead atoms. The third kappa shape index (κ3) is 3.05. The molecule has 1 aliphatic rings. The molecule has 1 fully saturated rings. The number of hydrogen-bond donors (Lipinski definition) is 1. The molecule has 0 saturated carbocycles. The molecule has 5 nitrogen and oxygen atoms in total. The van der Waals surface area contributed by atoms with Gasteiger partial charge in [0.15, 0.2) is 0 Å². The zero-order valence-corrected chi connectivity index (χ0v) is 11.9. The molecule has 20 heavy (non-hydrogen) atoms. The molecule has 0 amide bonds. The number of rotatable bonds is 4. The summed E-state index contributed by atoms with van der Waals surface area (Å²) in [4.78, 5) is 13.8. The number of anilines is 1. The summed E-state index contributed by atoms with van der Waals surface area (Å²) in [6.07, 6.45) is 1.86. The zero-order valence-electron chi connectivity index (χ0n) is 11.9. The van der Waals surface area contributed by atoms with Gasteiger partial charge < -0.3 is 10.2 Å². The van der Waals surface area contributed by atoms with Gasteiger partial charge in [-0.2, -0.15) is 0 Å². The molecule has 1 N–H and O–H groups in total. The van der Waals surface area contributed by atoms with E-state index in [1.165, 1.54) is 0 Å². The van der Waals surface area contributed by atoms with Crippen LogP contribution in [0.3, 0.4) is 0 Å². The predicted octanol–water partition coefficient (Wildman–Crippen LogP) is 0.971. The number of piperazine rings is 1. The monoisotopic (exact) mass is 271 g/mol. The highest BCUT2D eigenvalue weighted by atomic mass is 15.2. The predicted molar refractivity (Wildman–Crippen MR) is 82.1 cm³/mol. The Kier molecular flexibility index (Phi) is 4.08. The first-order chi connectivity index (χ1) is 9.83. The Morgan fingerprint density at radius 3 is 2.75 bits per heavy atom. The summed E-state index contributed by atoms with van der Waals surface area (Å²) >= 11 is 0. The van der Waals surface area contributed by atoms with E-state index in [4.69, 9.17) is 0 Å². The molecule has 5 heteroatoms. The van der Waals surface area contributed by atoms with Crippen molar-refractivity contribution in [1.82, 2.24) is 20.2 Å². The van der Waals surface area contributed by atoms with Crippen LogP contribution in [0.2, 0.25) is 0 Å². The molecule has 0 atom stereocenters. The first-order valence-corrected chi connectivity index (χ1v) is 7.19. The summed E-state index contributed by atoms with van der Waals surface area (Å²) in [5, 5.41) is 3.38. The van der Waals surface area contributed by atoms with Gasteiger partial charge in [-0.1, -0.05) is 12.1 Å². The molecule has 0 unspecified atom stereocenters. The van der Waals surface area contributed by atoms with E-state index in [-0.39, 0.29) is 0 Å². The van der Waals surface area contributed by atoms with E-state index in [9.17, 15) is 0 Å². The Morgan fingerprint density at radius 2 is 1.95 bits per heavy atom. The fourth-order valence-electron chi connectivity index (χ4n) is 2.47. The van der Waals surface area contributed by atoms with Gasteiger partial charge in [-0.3, -0.25) is 9.88 Å². The van der Waals surface area contributed by atoms with Crippen molar-refractivity contribution in [3.63, 3.8) is 0 Å². The van der Waals surface area contributed by atoms with Gasteiger partial charge in [0.05, 0.1) is 17.2 Å². The first-order valence-electron chi connectivity index (χ1n) is 7.19. The molecule has 106 valence electrons. The van der Waals surface area contributed by atoms with Crippen molar-refractivity contribution in [3.8, 4) is 0 Å². The van der Waals surface area contributed by atoms with Crippen LogP contribution in [-0.2, 0) is 0 Å². The number of hydrogen-bond acceptors (Lipinski definition) is 5. The highest BCUT2D eigenvalue weighted by Gasteiger charge is 2.11. The minimum atomic E-state index is 0.943. The number of para-hydroxylation sites is 2. The number of aromatic nitrogens is 2. The lowest BCUT2D eigenvalue weighted by molar-refractivity contribution is 0.246. The number of likely N-dealkylation sites (N-methyl/N-ethyl adjacent to an activating group) is 1. The average Bonchev–Trinajstić information content (AvgIpc) is 2.53. The number of fused-ring (bicyclic) bond motifs is 1. The lowest BCUT2D eigenvalue weighted by Gasteiger charge is -2.29. The summed E-state index contributed by atoms with van der Waals surface area (Å²) in [6.45, 7) is 6.52. The number of nitrogens with zero attached hydrogens (tertiary/aromatic N) is 4. The Hall–Kier alpha value is -1.72. The summed E-state index contributed by atoms with van der Waals surface area (Å²) in [6, 6.07) is 8.00. The maximum absolute atomic E-state index is 4.67. The van der Waals surface area contributed by atoms with Gasteiger partial charge >= 0.3 is 0 Å². The molecular weight excluding hydrogens is 250 g/mol. The van der Waals surface area contributed by atoms with Crippen LogP contribution >= 0.6 is 0 Å². The average molecular weight is 271 g/mol. The third-order valence-electron chi connectivity index (χ3n) is 3.79. The second-order valence-corrected chi connectivity index (χ2v) is 5.23. The second kappa shape index (κ2) is 6.15. The van der Waals surface area contributed by atoms with E-state index in [0.29, 0.717) is 0 Å². The van der Waals surface area contributed by atoms with Crippen LogP contribution in [0, 0.1) is 0 Å². The quantitative estimate of drug-likeness (QED) is 0.898. The lowest BCUT2D eigenvalue weighted by Crippen LogP contribution is -2.46. The number of nitrogens with one attached hydrogen (secondary N) is 1. The highest BCUT2D eigenvalue weighted by Crippen LogP contribution is 2.13. The molecule has 3 rings (SSSR count). The van der Waals surface area contributed by atoms with Crippen LogP contribution in [0.25, 0.3) is 11.0 Å². The molecule has 2 aromatic rings. The Morgan fingerprint density at radius 1 is 1.20 bits per heavy atom. The van der Waals surface area contributed by atoms with Crippen molar-refractivity contribution < 1.29 is 0 Å². The minimum Gasteiger partial charge on any atom is -0.357 e. The van der Waals surface area contributed by atoms with Gasteiger partial charge in [0.25, 0.3) is 0 Å². The molecular formula is C15H21N5. The Labute approximate surface area is 119 Å². The van der Waals surface area contributed by atoms with E-state index >= 15 is 0 Å². The molecule has 0 aliphatic carbocycles. The largest absolute Gasteiger partial charge is 0.357 e. The standard InChI is InChI=1S/C15H21N5/c1-19(10-11-20-8-6-16-7-9-20)15-12-17-13-4-2-3-5-14(13)18-15/h2-5,12,16H,6-11H2,1H3. The smallest absolute Gasteiger partial charge is 0.147 e. The van der Waals surface area contributed by atoms with Gasteiger partial charge in [-0.25, -0.2) is 4.98 Å². The molecule has 1 aromatic carbocycles. The fraction of sp³-hybridized carbons (Fsp3) is 0.467. The van der Waals surface area contributed by atoms with E-state index in [2.05, 4.69) is 32.1 Å². The third-order valence-corrected chi connectivity index (χ3v) is 3.79. The fourth-order valence-corrected chi connectivity index (χ4v) is 2.47. The normalized spacial score (nSPS) is 16.4. The van der Waals surface area contributed by atoms with Gasteiger partial charge in [0.1, 0.15) is 5.82 Å². The van der Waals surface area contributed by atoms with Gasteiger partial charge in [0, 0.05) is 46.3 Å². The van der Waals surface area contributed by atoms with E-state index in [1.807, 2.05) is 30.5 Å². The van der Waals surface area contributed by atoms with Crippen LogP contribution in [0.4, 0.5) is 5.82 Å². The van der Waals surface area contributed by atoms with Crippen LogP contribution < -0.4 is 10.2 Å². The molecule has 0 radical (unpaired) electrons. The summed E-state index contributed by atoms with van der Waals surface area (Å²) < 4.78 is 0. The minimum absolute atomic E-state index is 0.943. The molecule has 2 heterocycles. The summed E-state index contributed by atoms with van der Waals surface area (Å²) in [7, 11) is 2.08. The van der Waals surface area contributed by atoms with Gasteiger partial charge in [-0.15, -0.1) is 0 Å². The lowest BCUT2D eigenvalue weighted by atomic mass is 10.3. The second-order valence-electron chi connectivity index (χ2n) is 5.23. The van der Waals surface area contributed by atoms with E-state index in [0.717, 1.165) is 56.1 Å². The maximum Gasteiger partial charge on any atom is 0.147 e. The molecule has 1 saturated heterocycles. The molecule has 1 aliphatic heterocycles. The Balaban J connectivity index is 1.64. The molecule has 0 spiro atoms. The van der Waals surface area contributed by atoms with E-state index in [1.54, 1.807) is 0 Å². The van der Waals surface area contributed by atoms with Crippen molar-refractivity contribution in [2.24, 2.45) is 0 Å². The highest BCUT2D eigenvalue weighted by molar-refractivity contribution is 5.75. The van der Waals surface area contributed by atoms with Gasteiger partial charge in [-0.05, 0) is 12.1 Å². The van der Waals surface area contributed by atoms with Gasteiger partial charge in [0.2, 0.25) is 0 Å². The van der Waals surface area contributed by atoms with Crippen molar-refractivity contribution in [3.05, 3.63) is 30.5 Å². The van der Waals surface area contributed by atoms with Crippen LogP contribution in [0.15, 0.2) is 30.5 Å².